The standard InChI is InChI=1S/C29H32BrN3O5/c1-20(6-2-5-9-27(35)33-26-8-4-3-7-25(26)31)28(21-10-16-24(17-11-21)37-19-18-34)38-29(36)32-23-14-12-22(30)13-15-23/h3-5,7-17,20,28,34H,2,6,18-19,31H2,1H3,(H,32,36)(H,33,35)/b9-5+/t20-,28-/m1/s1. The molecule has 0 bridgehead atoms. The minimum atomic E-state index is -0.569. The zero-order valence-corrected chi connectivity index (χ0v) is 22.7. The van der Waals surface area contributed by atoms with Gasteiger partial charge in [0.25, 0.3) is 0 Å². The van der Waals surface area contributed by atoms with Crippen LogP contribution in [0.5, 0.6) is 5.75 Å². The third-order valence-electron chi connectivity index (χ3n) is 5.69. The van der Waals surface area contributed by atoms with Crippen LogP contribution in [0.1, 0.15) is 31.4 Å². The molecule has 38 heavy (non-hydrogen) atoms. The maximum absolute atomic E-state index is 12.7. The van der Waals surface area contributed by atoms with Gasteiger partial charge in [-0.2, -0.15) is 0 Å². The molecule has 0 spiro atoms. The van der Waals surface area contributed by atoms with Crippen molar-refractivity contribution in [3.8, 4) is 5.75 Å². The summed E-state index contributed by atoms with van der Waals surface area (Å²) >= 11 is 3.38. The molecular weight excluding hydrogens is 550 g/mol. The lowest BCUT2D eigenvalue weighted by atomic mass is 9.93. The Bertz CT molecular complexity index is 1220. The second-order valence-corrected chi connectivity index (χ2v) is 9.55. The fourth-order valence-electron chi connectivity index (χ4n) is 3.71. The minimum absolute atomic E-state index is 0.0626. The highest BCUT2D eigenvalue weighted by molar-refractivity contribution is 9.10. The normalized spacial score (nSPS) is 12.5. The fourth-order valence-corrected chi connectivity index (χ4v) is 3.98. The number of para-hydroxylation sites is 2. The zero-order valence-electron chi connectivity index (χ0n) is 21.1. The molecule has 0 unspecified atom stereocenters. The van der Waals surface area contributed by atoms with Gasteiger partial charge in [0.1, 0.15) is 18.5 Å². The van der Waals surface area contributed by atoms with E-state index >= 15 is 0 Å². The van der Waals surface area contributed by atoms with E-state index in [2.05, 4.69) is 26.6 Å². The molecule has 0 aliphatic rings. The lowest BCUT2D eigenvalue weighted by molar-refractivity contribution is -0.111. The van der Waals surface area contributed by atoms with E-state index in [0.717, 1.165) is 10.0 Å². The molecular formula is C29H32BrN3O5. The number of anilines is 3. The van der Waals surface area contributed by atoms with Gasteiger partial charge in [-0.1, -0.05) is 53.2 Å². The van der Waals surface area contributed by atoms with Crippen LogP contribution >= 0.6 is 15.9 Å². The highest BCUT2D eigenvalue weighted by Gasteiger charge is 2.23. The van der Waals surface area contributed by atoms with Crippen LogP contribution in [0.25, 0.3) is 0 Å². The summed E-state index contributed by atoms with van der Waals surface area (Å²) in [7, 11) is 0. The van der Waals surface area contributed by atoms with Crippen LogP contribution in [0.3, 0.4) is 0 Å². The average Bonchev–Trinajstić information content (AvgIpc) is 2.91. The van der Waals surface area contributed by atoms with Crippen molar-refractivity contribution < 1.29 is 24.2 Å². The number of carbonyl (C=O) groups excluding carboxylic acids is 2. The van der Waals surface area contributed by atoms with Crippen molar-refractivity contribution in [1.29, 1.82) is 0 Å². The summed E-state index contributed by atoms with van der Waals surface area (Å²) in [6.45, 7) is 2.11. The van der Waals surface area contributed by atoms with Crippen LogP contribution in [-0.2, 0) is 9.53 Å². The number of hydrogen-bond donors (Lipinski definition) is 4. The van der Waals surface area contributed by atoms with Gasteiger partial charge in [0, 0.05) is 10.2 Å². The molecule has 8 nitrogen and oxygen atoms in total. The molecule has 9 heteroatoms. The van der Waals surface area contributed by atoms with Gasteiger partial charge >= 0.3 is 6.09 Å². The van der Waals surface area contributed by atoms with Crippen molar-refractivity contribution in [2.75, 3.05) is 29.6 Å². The number of halogens is 1. The molecule has 0 saturated heterocycles. The molecule has 0 fully saturated rings. The van der Waals surface area contributed by atoms with Gasteiger partial charge in [0.2, 0.25) is 5.91 Å². The molecule has 5 N–H and O–H groups in total. The molecule has 0 aromatic heterocycles. The van der Waals surface area contributed by atoms with Crippen LogP contribution in [0.2, 0.25) is 0 Å². The minimum Gasteiger partial charge on any atom is -0.491 e. The van der Waals surface area contributed by atoms with Gasteiger partial charge in [-0.3, -0.25) is 10.1 Å². The van der Waals surface area contributed by atoms with E-state index in [0.29, 0.717) is 35.7 Å². The molecule has 2 atom stereocenters. The van der Waals surface area contributed by atoms with E-state index in [1.807, 2.05) is 31.2 Å². The number of carbonyl (C=O) groups is 2. The van der Waals surface area contributed by atoms with Crippen LogP contribution in [0.15, 0.2) is 89.4 Å². The smallest absolute Gasteiger partial charge is 0.412 e. The summed E-state index contributed by atoms with van der Waals surface area (Å²) in [5.41, 5.74) is 8.36. The van der Waals surface area contributed by atoms with E-state index in [4.69, 9.17) is 20.3 Å². The average molecular weight is 582 g/mol. The van der Waals surface area contributed by atoms with E-state index < -0.39 is 12.2 Å². The Labute approximate surface area is 231 Å². The summed E-state index contributed by atoms with van der Waals surface area (Å²) in [6.07, 6.45) is 3.42. The summed E-state index contributed by atoms with van der Waals surface area (Å²) in [5, 5.41) is 14.5. The lowest BCUT2D eigenvalue weighted by Gasteiger charge is -2.25. The third kappa shape index (κ3) is 9.24. The Morgan fingerprint density at radius 2 is 1.74 bits per heavy atom. The van der Waals surface area contributed by atoms with Crippen molar-refractivity contribution in [2.24, 2.45) is 5.92 Å². The van der Waals surface area contributed by atoms with Gasteiger partial charge in [-0.25, -0.2) is 4.79 Å². The number of aliphatic hydroxyl groups excluding tert-OH is 1. The molecule has 200 valence electrons. The van der Waals surface area contributed by atoms with Crippen molar-refractivity contribution >= 4 is 45.0 Å². The number of hydrogen-bond acceptors (Lipinski definition) is 6. The molecule has 3 aromatic rings. The Balaban J connectivity index is 1.63. The Hall–Kier alpha value is -3.82. The first-order chi connectivity index (χ1) is 18.4. The van der Waals surface area contributed by atoms with Crippen LogP contribution in [-0.4, -0.2) is 30.3 Å². The van der Waals surface area contributed by atoms with E-state index in [1.54, 1.807) is 54.6 Å². The molecule has 2 amide bonds. The first kappa shape index (κ1) is 28.7. The van der Waals surface area contributed by atoms with Crippen molar-refractivity contribution in [1.82, 2.24) is 0 Å². The Morgan fingerprint density at radius 3 is 2.42 bits per heavy atom. The highest BCUT2D eigenvalue weighted by atomic mass is 79.9. The SMILES string of the molecule is C[C@H](CC/C=C/C(=O)Nc1ccccc1N)[C@@H](OC(=O)Nc1ccc(Br)cc1)c1ccc(OCCO)cc1. The summed E-state index contributed by atoms with van der Waals surface area (Å²) in [4.78, 5) is 25.0. The maximum Gasteiger partial charge on any atom is 0.412 e. The summed E-state index contributed by atoms with van der Waals surface area (Å²) in [6, 6.07) is 21.5. The predicted octanol–water partition coefficient (Wildman–Crippen LogP) is 6.30. The first-order valence-electron chi connectivity index (χ1n) is 12.2. The second kappa shape index (κ2) is 14.8. The monoisotopic (exact) mass is 581 g/mol. The number of rotatable bonds is 12. The number of nitrogens with two attached hydrogens (primary N) is 1. The van der Waals surface area contributed by atoms with Crippen molar-refractivity contribution in [2.45, 2.75) is 25.9 Å². The molecule has 0 radical (unpaired) electrons. The molecule has 0 aliphatic heterocycles. The van der Waals surface area contributed by atoms with Gasteiger partial charge < -0.3 is 25.6 Å². The number of ether oxygens (including phenoxy) is 2. The molecule has 0 saturated carbocycles. The van der Waals surface area contributed by atoms with Gasteiger partial charge in [0.15, 0.2) is 0 Å². The van der Waals surface area contributed by atoms with E-state index in [-0.39, 0.29) is 25.0 Å². The Morgan fingerprint density at radius 1 is 1.03 bits per heavy atom. The van der Waals surface area contributed by atoms with E-state index in [9.17, 15) is 9.59 Å². The molecule has 3 rings (SSSR count). The number of nitrogen functional groups attached to an aromatic ring is 1. The van der Waals surface area contributed by atoms with Gasteiger partial charge in [0.05, 0.1) is 18.0 Å². The Kier molecular flexibility index (Phi) is 11.2. The van der Waals surface area contributed by atoms with Gasteiger partial charge in [-0.15, -0.1) is 0 Å². The topological polar surface area (TPSA) is 123 Å². The molecule has 0 aliphatic carbocycles. The number of benzene rings is 3. The fraction of sp³-hybridized carbons (Fsp3) is 0.241. The number of allylic oxidation sites excluding steroid dienone is 1. The second-order valence-electron chi connectivity index (χ2n) is 8.63. The van der Waals surface area contributed by atoms with Crippen molar-refractivity contribution in [3.05, 3.63) is 95.0 Å². The van der Waals surface area contributed by atoms with Crippen molar-refractivity contribution in [3.63, 3.8) is 0 Å². The zero-order chi connectivity index (χ0) is 27.3. The maximum atomic E-state index is 12.7. The number of nitrogens with one attached hydrogen (secondary N) is 2. The quantitative estimate of drug-likeness (QED) is 0.147. The van der Waals surface area contributed by atoms with Crippen LogP contribution in [0.4, 0.5) is 21.9 Å². The molecule has 3 aromatic carbocycles. The largest absolute Gasteiger partial charge is 0.491 e. The highest BCUT2D eigenvalue weighted by Crippen LogP contribution is 2.31. The van der Waals surface area contributed by atoms with E-state index in [1.165, 1.54) is 6.08 Å². The first-order valence-corrected chi connectivity index (χ1v) is 13.0. The summed E-state index contributed by atoms with van der Waals surface area (Å²) in [5.74, 6) is 0.282. The lowest BCUT2D eigenvalue weighted by Crippen LogP contribution is -2.22. The van der Waals surface area contributed by atoms with Crippen LogP contribution in [0, 0.1) is 5.92 Å². The number of aliphatic hydroxyl groups is 1. The molecule has 0 heterocycles. The summed E-state index contributed by atoms with van der Waals surface area (Å²) < 4.78 is 12.2. The van der Waals surface area contributed by atoms with Crippen LogP contribution < -0.4 is 21.1 Å². The predicted molar refractivity (Wildman–Crippen MR) is 153 cm³/mol. The van der Waals surface area contributed by atoms with Gasteiger partial charge in [-0.05, 0) is 78.9 Å². The number of amides is 2. The third-order valence-corrected chi connectivity index (χ3v) is 6.22.